The van der Waals surface area contributed by atoms with Crippen molar-refractivity contribution in [1.29, 1.82) is 0 Å². The first kappa shape index (κ1) is 11.7. The Bertz CT molecular complexity index is 167. The lowest BCUT2D eigenvalue weighted by atomic mass is 10.0. The highest BCUT2D eigenvalue weighted by Crippen LogP contribution is 2.21. The third kappa shape index (κ3) is 5.16. The summed E-state index contributed by atoms with van der Waals surface area (Å²) in [4.78, 5) is 0. The van der Waals surface area contributed by atoms with Crippen LogP contribution in [0, 0.1) is 5.92 Å². The van der Waals surface area contributed by atoms with Gasteiger partial charge in [0, 0.05) is 17.1 Å². The molecule has 0 amide bonds. The Hall–Kier alpha value is 0.630. The van der Waals surface area contributed by atoms with Gasteiger partial charge in [0.1, 0.15) is 0 Å². The van der Waals surface area contributed by atoms with Crippen LogP contribution in [0.5, 0.6) is 0 Å². The molecule has 0 aromatic rings. The third-order valence-electron chi connectivity index (χ3n) is 2.19. The fourth-order valence-corrected chi connectivity index (χ4v) is 2.76. The van der Waals surface area contributed by atoms with Crippen LogP contribution in [0.1, 0.15) is 12.8 Å². The van der Waals surface area contributed by atoms with Crippen molar-refractivity contribution in [1.82, 2.24) is 5.32 Å². The molecule has 1 N–H and O–H groups in total. The van der Waals surface area contributed by atoms with Crippen LogP contribution >= 0.6 is 35.0 Å². The Morgan fingerprint density at radius 3 is 2.77 bits per heavy atom. The maximum absolute atomic E-state index is 5.75. The third-order valence-corrected chi connectivity index (χ3v) is 3.85. The molecule has 1 aliphatic rings. The average molecular weight is 240 g/mol. The van der Waals surface area contributed by atoms with E-state index in [4.69, 9.17) is 23.2 Å². The predicted molar refractivity (Wildman–Crippen MR) is 62.7 cm³/mol. The summed E-state index contributed by atoms with van der Waals surface area (Å²) in [6.07, 6.45) is 2.67. The molecule has 0 atom stereocenters. The van der Waals surface area contributed by atoms with Gasteiger partial charge < -0.3 is 5.32 Å². The summed E-state index contributed by atoms with van der Waals surface area (Å²) >= 11 is 13.2. The van der Waals surface area contributed by atoms with E-state index >= 15 is 0 Å². The second kappa shape index (κ2) is 6.99. The number of rotatable bonds is 4. The van der Waals surface area contributed by atoms with Crippen LogP contribution in [0.3, 0.4) is 0 Å². The zero-order valence-corrected chi connectivity index (χ0v) is 9.89. The zero-order chi connectivity index (χ0) is 9.52. The second-order valence-corrected chi connectivity index (χ2v) is 5.17. The molecule has 4 heteroatoms. The minimum Gasteiger partial charge on any atom is -0.311 e. The first-order chi connectivity index (χ1) is 6.33. The first-order valence-electron chi connectivity index (χ1n) is 4.56. The molecule has 1 aliphatic heterocycles. The molecule has 0 aromatic carbocycles. The molecule has 0 radical (unpaired) electrons. The summed E-state index contributed by atoms with van der Waals surface area (Å²) in [7, 11) is 0. The molecule has 13 heavy (non-hydrogen) atoms. The molecule has 0 spiro atoms. The van der Waals surface area contributed by atoms with E-state index in [9.17, 15) is 0 Å². The van der Waals surface area contributed by atoms with Crippen molar-refractivity contribution >= 4 is 35.0 Å². The lowest BCUT2D eigenvalue weighted by molar-refractivity contribution is 0.458. The lowest BCUT2D eigenvalue weighted by Crippen LogP contribution is -2.26. The van der Waals surface area contributed by atoms with E-state index in [-0.39, 0.29) is 0 Å². The van der Waals surface area contributed by atoms with Crippen LogP contribution in [-0.4, -0.2) is 24.6 Å². The molecule has 1 saturated heterocycles. The van der Waals surface area contributed by atoms with Crippen LogP contribution < -0.4 is 5.32 Å². The van der Waals surface area contributed by atoms with Crippen LogP contribution in [0.4, 0.5) is 0 Å². The van der Waals surface area contributed by atoms with Gasteiger partial charge in [-0.25, -0.2) is 0 Å². The van der Waals surface area contributed by atoms with E-state index in [1.165, 1.54) is 29.9 Å². The Labute approximate surface area is 94.2 Å². The van der Waals surface area contributed by atoms with E-state index < -0.39 is 0 Å². The Balaban J connectivity index is 2.04. The van der Waals surface area contributed by atoms with Gasteiger partial charge in [-0.2, -0.15) is 11.8 Å². The number of halogens is 2. The molecular formula is C9H15Cl2NS. The van der Waals surface area contributed by atoms with Gasteiger partial charge in [-0.3, -0.25) is 0 Å². The monoisotopic (exact) mass is 239 g/mol. The van der Waals surface area contributed by atoms with Gasteiger partial charge >= 0.3 is 0 Å². The number of nitrogens with one attached hydrogen (secondary N) is 1. The van der Waals surface area contributed by atoms with Gasteiger partial charge in [0.25, 0.3) is 0 Å². The summed E-state index contributed by atoms with van der Waals surface area (Å²) in [5.74, 6) is 3.46. The van der Waals surface area contributed by atoms with Gasteiger partial charge in [0.2, 0.25) is 0 Å². The maximum Gasteiger partial charge on any atom is 0.0431 e. The SMILES string of the molecule is Cl/C=C(/Cl)CNCC1CCSCC1. The largest absolute Gasteiger partial charge is 0.311 e. The maximum atomic E-state index is 5.75. The standard InChI is InChI=1S/C9H15Cl2NS/c10-5-9(11)7-12-6-8-1-3-13-4-2-8/h5,8,12H,1-4,6-7H2/b9-5+. The minimum atomic E-state index is 0.687. The number of thioether (sulfide) groups is 1. The first-order valence-corrected chi connectivity index (χ1v) is 6.53. The molecule has 0 bridgehead atoms. The Morgan fingerprint density at radius 1 is 1.46 bits per heavy atom. The molecule has 0 aromatic heterocycles. The average Bonchev–Trinajstić information content (AvgIpc) is 2.19. The fraction of sp³-hybridized carbons (Fsp3) is 0.778. The summed E-state index contributed by atoms with van der Waals surface area (Å²) in [5, 5.41) is 4.00. The van der Waals surface area contributed by atoms with Gasteiger partial charge in [0.05, 0.1) is 0 Å². The van der Waals surface area contributed by atoms with Crippen LogP contribution in [0.25, 0.3) is 0 Å². The lowest BCUT2D eigenvalue weighted by Gasteiger charge is -2.21. The van der Waals surface area contributed by atoms with Crippen molar-refractivity contribution in [3.8, 4) is 0 Å². The van der Waals surface area contributed by atoms with E-state index in [1.807, 2.05) is 0 Å². The van der Waals surface area contributed by atoms with Gasteiger partial charge in [-0.1, -0.05) is 23.2 Å². The van der Waals surface area contributed by atoms with Crippen molar-refractivity contribution in [2.24, 2.45) is 5.92 Å². The van der Waals surface area contributed by atoms with E-state index in [0.717, 1.165) is 12.5 Å². The molecule has 1 fully saturated rings. The Kier molecular flexibility index (Phi) is 6.30. The summed E-state index contributed by atoms with van der Waals surface area (Å²) < 4.78 is 0. The summed E-state index contributed by atoms with van der Waals surface area (Å²) in [6.45, 7) is 1.77. The van der Waals surface area contributed by atoms with Crippen molar-refractivity contribution < 1.29 is 0 Å². The molecule has 1 nitrogen and oxygen atoms in total. The smallest absolute Gasteiger partial charge is 0.0431 e. The number of hydrogen-bond donors (Lipinski definition) is 1. The van der Waals surface area contributed by atoms with E-state index in [1.54, 1.807) is 0 Å². The van der Waals surface area contributed by atoms with Crippen molar-refractivity contribution in [2.45, 2.75) is 12.8 Å². The highest BCUT2D eigenvalue weighted by molar-refractivity contribution is 7.99. The molecular weight excluding hydrogens is 225 g/mol. The molecule has 1 heterocycles. The van der Waals surface area contributed by atoms with E-state index in [2.05, 4.69) is 17.1 Å². The van der Waals surface area contributed by atoms with Gasteiger partial charge in [-0.05, 0) is 36.8 Å². The quantitative estimate of drug-likeness (QED) is 0.810. The van der Waals surface area contributed by atoms with Gasteiger partial charge in [0.15, 0.2) is 0 Å². The van der Waals surface area contributed by atoms with Crippen molar-refractivity contribution in [3.05, 3.63) is 10.6 Å². The van der Waals surface area contributed by atoms with Crippen molar-refractivity contribution in [2.75, 3.05) is 24.6 Å². The molecule has 0 aliphatic carbocycles. The minimum absolute atomic E-state index is 0.687. The summed E-state index contributed by atoms with van der Waals surface area (Å²) in [6, 6.07) is 0. The van der Waals surface area contributed by atoms with Crippen molar-refractivity contribution in [3.63, 3.8) is 0 Å². The summed E-state index contributed by atoms with van der Waals surface area (Å²) in [5.41, 5.74) is 1.42. The molecule has 1 rings (SSSR count). The highest BCUT2D eigenvalue weighted by atomic mass is 35.5. The Morgan fingerprint density at radius 2 is 2.15 bits per heavy atom. The van der Waals surface area contributed by atoms with Gasteiger partial charge in [-0.15, -0.1) is 0 Å². The molecule has 0 unspecified atom stereocenters. The van der Waals surface area contributed by atoms with E-state index in [0.29, 0.717) is 11.6 Å². The molecule has 76 valence electrons. The van der Waals surface area contributed by atoms with Crippen LogP contribution in [0.15, 0.2) is 10.6 Å². The van der Waals surface area contributed by atoms with Crippen LogP contribution in [-0.2, 0) is 0 Å². The highest BCUT2D eigenvalue weighted by Gasteiger charge is 2.12. The predicted octanol–water partition coefficient (Wildman–Crippen LogP) is 3.04. The fourth-order valence-electron chi connectivity index (χ4n) is 1.38. The number of hydrogen-bond acceptors (Lipinski definition) is 2. The van der Waals surface area contributed by atoms with Crippen LogP contribution in [0.2, 0.25) is 0 Å². The topological polar surface area (TPSA) is 12.0 Å². The normalized spacial score (nSPS) is 20.6. The second-order valence-electron chi connectivity index (χ2n) is 3.24. The zero-order valence-electron chi connectivity index (χ0n) is 7.56. The molecule has 0 saturated carbocycles.